The van der Waals surface area contributed by atoms with Gasteiger partial charge < -0.3 is 44.2 Å². The third-order valence-corrected chi connectivity index (χ3v) is 17.7. The van der Waals surface area contributed by atoms with Gasteiger partial charge in [0.15, 0.2) is 34.3 Å². The highest BCUT2D eigenvalue weighted by Crippen LogP contribution is 2.35. The van der Waals surface area contributed by atoms with Gasteiger partial charge in [0, 0.05) is 100 Å². The quantitative estimate of drug-likeness (QED) is 0.0148. The molecule has 2 saturated heterocycles. The molecule has 0 bridgehead atoms. The third kappa shape index (κ3) is 15.2. The molecule has 6 amide bonds. The Balaban J connectivity index is 0.554. The Labute approximate surface area is 525 Å². The summed E-state index contributed by atoms with van der Waals surface area (Å²) < 4.78 is 44.0. The first kappa shape index (κ1) is 62.7. The number of amides is 6. The van der Waals surface area contributed by atoms with E-state index in [1.54, 1.807) is 30.3 Å². The van der Waals surface area contributed by atoms with Crippen molar-refractivity contribution in [3.05, 3.63) is 141 Å². The lowest BCUT2D eigenvalue weighted by atomic mass is 9.94. The number of carbonyl (C=O) groups excluding carboxylic acids is 7. The fourth-order valence-electron chi connectivity index (χ4n) is 11.0. The Morgan fingerprint density at radius 1 is 0.867 bits per heavy atom. The molecule has 0 saturated carbocycles. The van der Waals surface area contributed by atoms with Gasteiger partial charge in [0.05, 0.1) is 66.6 Å². The molecule has 11 rings (SSSR count). The Bertz CT molecular complexity index is 3750. The molecule has 1 atom stereocenters. The van der Waals surface area contributed by atoms with Gasteiger partial charge in [-0.05, 0) is 91.8 Å². The molecule has 2 fully saturated rings. The minimum absolute atomic E-state index is 0.0445. The fraction of sp³-hybridized carbons (Fsp3) is 0.381. The summed E-state index contributed by atoms with van der Waals surface area (Å²) in [4.78, 5) is 108. The van der Waals surface area contributed by atoms with Gasteiger partial charge in [-0.15, -0.1) is 16.9 Å². The van der Waals surface area contributed by atoms with E-state index in [2.05, 4.69) is 53.5 Å². The van der Waals surface area contributed by atoms with Gasteiger partial charge in [0.25, 0.3) is 17.7 Å². The summed E-state index contributed by atoms with van der Waals surface area (Å²) in [5.74, 6) is 2.73. The highest BCUT2D eigenvalue weighted by molar-refractivity contribution is 7.22. The number of anilines is 3. The number of aromatic nitrogens is 2. The van der Waals surface area contributed by atoms with Crippen LogP contribution in [0.4, 0.5) is 20.3 Å². The summed E-state index contributed by atoms with van der Waals surface area (Å²) in [6, 6.07) is 21.9. The van der Waals surface area contributed by atoms with E-state index in [0.717, 1.165) is 31.9 Å². The van der Waals surface area contributed by atoms with Crippen LogP contribution in [-0.2, 0) is 52.7 Å². The fourth-order valence-corrected chi connectivity index (χ4v) is 13.0. The number of nitrogens with one attached hydrogen (secondary N) is 5. The molecule has 4 aromatic carbocycles. The molecule has 6 aromatic rings. The van der Waals surface area contributed by atoms with E-state index in [4.69, 9.17) is 28.7 Å². The van der Waals surface area contributed by atoms with Crippen molar-refractivity contribution in [1.82, 2.24) is 46.0 Å². The second kappa shape index (κ2) is 29.6. The number of methoxy groups -OCH3 is 1. The smallest absolute Gasteiger partial charge is 0.360 e. The SMILES string of the molecule is COCOC(=O)c1nc(N2CCc3cccc(C(=O)Nc4nc5ccccc5s4)c3C2)sc1CCCOc1ccc(C#CCN2CCN(C(=O)CCCN3C=C(COCCOCCNc4cccc5c4C(=O)N(C4CCC(=O)NC4=O)C5=O)NN3)CC2)cc1F. The van der Waals surface area contributed by atoms with Crippen LogP contribution in [0.25, 0.3) is 10.2 Å². The van der Waals surface area contributed by atoms with Crippen molar-refractivity contribution < 1.29 is 61.6 Å². The van der Waals surface area contributed by atoms with Crippen LogP contribution in [0.15, 0.2) is 90.8 Å². The number of piperidine rings is 1. The van der Waals surface area contributed by atoms with Gasteiger partial charge in [-0.1, -0.05) is 53.5 Å². The number of hydrazine groups is 2. The second-order valence-electron chi connectivity index (χ2n) is 21.7. The third-order valence-electron chi connectivity index (χ3n) is 15.6. The topological polar surface area (TPSA) is 268 Å². The number of thiazole rings is 2. The highest BCUT2D eigenvalue weighted by atomic mass is 32.1. The molecule has 7 heterocycles. The van der Waals surface area contributed by atoms with Crippen molar-refractivity contribution in [2.45, 2.75) is 57.5 Å². The summed E-state index contributed by atoms with van der Waals surface area (Å²) >= 11 is 2.79. The second-order valence-corrected chi connectivity index (χ2v) is 23.8. The van der Waals surface area contributed by atoms with E-state index in [0.29, 0.717) is 149 Å². The van der Waals surface area contributed by atoms with Crippen LogP contribution in [0, 0.1) is 17.7 Å². The number of aryl methyl sites for hydroxylation is 1. The molecule has 24 nitrogen and oxygen atoms in total. The Hall–Kier alpha value is -8.88. The summed E-state index contributed by atoms with van der Waals surface area (Å²) in [7, 11) is 1.43. The lowest BCUT2D eigenvalue weighted by molar-refractivity contribution is -0.136. The zero-order chi connectivity index (χ0) is 62.5. The monoisotopic (exact) mass is 1270 g/mol. The standard InChI is InChI=1S/C63H67FN12O12S2/c1-84-39-88-61(83)56-52(90-63(68-56)74-26-22-41-10-4-11-43(45(41)37-74)57(79)69-62-66-47-13-2-3-15-51(47)89-62)16-8-31-87-50-20-18-40(35-46(50)64)9-6-24-72-27-29-73(30-28-72)54(78)17-7-25-75-36-42(70-71-75)38-86-34-33-85-32-23-65-48-14-5-12-44-55(48)60(82)76(59(44)81)49-19-21-53(77)67-58(49)80/h2-5,10-15,18,20,35-36,49,65,70-71H,7-8,16-17,19,21-34,37-39H2,1H3,(H,66,69,79)(H,67,77,80). The van der Waals surface area contributed by atoms with Crippen molar-refractivity contribution in [1.29, 1.82) is 0 Å². The molecule has 2 aromatic heterocycles. The molecule has 90 heavy (non-hydrogen) atoms. The molecule has 0 radical (unpaired) electrons. The summed E-state index contributed by atoms with van der Waals surface area (Å²) in [6.07, 6.45) is 4.59. The number of benzene rings is 4. The van der Waals surface area contributed by atoms with Crippen LogP contribution >= 0.6 is 22.7 Å². The van der Waals surface area contributed by atoms with Crippen LogP contribution in [-0.4, -0.2) is 176 Å². The van der Waals surface area contributed by atoms with Crippen molar-refractivity contribution in [2.24, 2.45) is 0 Å². The van der Waals surface area contributed by atoms with Gasteiger partial charge in [-0.25, -0.2) is 19.2 Å². The van der Waals surface area contributed by atoms with Crippen LogP contribution < -0.4 is 36.5 Å². The zero-order valence-electron chi connectivity index (χ0n) is 49.4. The van der Waals surface area contributed by atoms with Crippen LogP contribution in [0.1, 0.15) is 95.2 Å². The van der Waals surface area contributed by atoms with E-state index in [1.807, 2.05) is 58.6 Å². The maximum absolute atomic E-state index is 15.3. The summed E-state index contributed by atoms with van der Waals surface area (Å²) in [5, 5.41) is 11.3. The number of para-hydroxylation sites is 1. The van der Waals surface area contributed by atoms with Crippen molar-refractivity contribution in [3.63, 3.8) is 0 Å². The Morgan fingerprint density at radius 3 is 2.54 bits per heavy atom. The van der Waals surface area contributed by atoms with Gasteiger partial charge in [-0.2, -0.15) is 0 Å². The molecule has 1 unspecified atom stereocenters. The lowest BCUT2D eigenvalue weighted by Crippen LogP contribution is -2.54. The Kier molecular flexibility index (Phi) is 20.6. The van der Waals surface area contributed by atoms with Crippen LogP contribution in [0.2, 0.25) is 0 Å². The molecule has 0 aliphatic carbocycles. The lowest BCUT2D eigenvalue weighted by Gasteiger charge is -2.33. The van der Waals surface area contributed by atoms with Crippen molar-refractivity contribution in [3.8, 4) is 17.6 Å². The van der Waals surface area contributed by atoms with Gasteiger partial charge >= 0.3 is 5.97 Å². The minimum atomic E-state index is -1.04. The average molecular weight is 1270 g/mol. The summed E-state index contributed by atoms with van der Waals surface area (Å²) in [5.41, 5.74) is 11.8. The largest absolute Gasteiger partial charge is 0.491 e. The molecular weight excluding hydrogens is 1200 g/mol. The van der Waals surface area contributed by atoms with E-state index in [9.17, 15) is 33.6 Å². The molecule has 27 heteroatoms. The average Bonchev–Trinajstić information content (AvgIpc) is 1.67. The minimum Gasteiger partial charge on any atom is -0.491 e. The molecule has 5 aliphatic rings. The first-order chi connectivity index (χ1) is 43.9. The molecular formula is C63H67FN12O12S2. The number of imide groups is 2. The predicted octanol–water partition coefficient (Wildman–Crippen LogP) is 5.47. The first-order valence-electron chi connectivity index (χ1n) is 29.7. The number of hydrogen-bond donors (Lipinski definition) is 5. The van der Waals surface area contributed by atoms with E-state index < -0.39 is 41.5 Å². The number of halogens is 1. The number of nitrogens with zero attached hydrogens (tertiary/aromatic N) is 7. The van der Waals surface area contributed by atoms with Crippen LogP contribution in [0.5, 0.6) is 5.75 Å². The van der Waals surface area contributed by atoms with Crippen LogP contribution in [0.3, 0.4) is 0 Å². The first-order valence-corrected chi connectivity index (χ1v) is 31.3. The number of hydrogen-bond acceptors (Lipinski definition) is 22. The molecule has 0 spiro atoms. The zero-order valence-corrected chi connectivity index (χ0v) is 51.1. The molecule has 470 valence electrons. The van der Waals surface area contributed by atoms with E-state index in [-0.39, 0.29) is 60.6 Å². The maximum Gasteiger partial charge on any atom is 0.360 e. The van der Waals surface area contributed by atoms with Crippen molar-refractivity contribution >= 4 is 90.3 Å². The van der Waals surface area contributed by atoms with Gasteiger partial charge in [0.2, 0.25) is 17.7 Å². The number of fused-ring (bicyclic) bond motifs is 3. The van der Waals surface area contributed by atoms with Crippen molar-refractivity contribution in [2.75, 3.05) is 115 Å². The number of carbonyl (C=O) groups is 7. The maximum atomic E-state index is 15.3. The van der Waals surface area contributed by atoms with E-state index >= 15 is 4.39 Å². The van der Waals surface area contributed by atoms with Gasteiger partial charge in [-0.3, -0.25) is 54.2 Å². The summed E-state index contributed by atoms with van der Waals surface area (Å²) in [6.45, 7) is 6.14. The van der Waals surface area contributed by atoms with E-state index in [1.165, 1.54) is 35.8 Å². The highest BCUT2D eigenvalue weighted by Gasteiger charge is 2.45. The molecule has 5 aliphatic heterocycles. The number of rotatable bonds is 26. The Morgan fingerprint density at radius 2 is 1.71 bits per heavy atom. The van der Waals surface area contributed by atoms with Gasteiger partial charge in [0.1, 0.15) is 6.04 Å². The number of piperazine rings is 1. The number of esters is 1. The number of ether oxygens (including phenoxy) is 5. The predicted molar refractivity (Wildman–Crippen MR) is 332 cm³/mol. The normalized spacial score (nSPS) is 16.5. The molecule has 5 N–H and O–H groups in total.